The summed E-state index contributed by atoms with van der Waals surface area (Å²) in [6.07, 6.45) is 1.01. The molecule has 36 heavy (non-hydrogen) atoms. The number of aryl methyl sites for hydroxylation is 1. The van der Waals surface area contributed by atoms with Crippen LogP contribution in [-0.4, -0.2) is 68.5 Å². The maximum absolute atomic E-state index is 13.9. The number of hydrogen-bond acceptors (Lipinski definition) is 8. The Bertz CT molecular complexity index is 1270. The summed E-state index contributed by atoms with van der Waals surface area (Å²) in [7, 11) is 3.16. The lowest BCUT2D eigenvalue weighted by Crippen LogP contribution is -2.65. The van der Waals surface area contributed by atoms with Crippen LogP contribution in [-0.2, 0) is 32.6 Å². The monoisotopic (exact) mass is 498 g/mol. The van der Waals surface area contributed by atoms with Crippen molar-refractivity contribution in [1.29, 1.82) is 0 Å². The minimum absolute atomic E-state index is 0.0801. The van der Waals surface area contributed by atoms with Gasteiger partial charge in [0.05, 0.1) is 11.6 Å². The van der Waals surface area contributed by atoms with Crippen LogP contribution in [0.25, 0.3) is 5.76 Å². The van der Waals surface area contributed by atoms with Crippen LogP contribution in [0.4, 0.5) is 0 Å². The van der Waals surface area contributed by atoms with E-state index in [0.717, 1.165) is 5.56 Å². The first-order chi connectivity index (χ1) is 16.6. The highest BCUT2D eigenvalue weighted by molar-refractivity contribution is 6.24. The fourth-order valence-corrected chi connectivity index (χ4v) is 6.28. The van der Waals surface area contributed by atoms with Gasteiger partial charge in [-0.05, 0) is 55.8 Å². The number of hydrogen-bond donors (Lipinski definition) is 5. The van der Waals surface area contributed by atoms with Gasteiger partial charge in [-0.15, -0.1) is 0 Å². The summed E-state index contributed by atoms with van der Waals surface area (Å²) >= 11 is 0. The normalized spacial score (nSPS) is 28.3. The standard InChI is InChI=1S/C27H34N2O7/c1-7-11-9-15(26(2,3)4)20(30)17-13(11)8-12-10-14-19(29(5)6)22(32)18(25(28)35)24(34)27(14,36)23(33)16(12)21(17)31/h9,12,14,19,30-31,34,36H,7-8,10H2,1-6H3,(H2,28,35)/t12?,14?,19-,27-/m0/s1. The SMILES string of the molecule is CCc1cc(C(C)(C)C)c(O)c2c1CC1CC3[C@H](N(C)C)C(=O)C(C(N)=O)=C(O)[C@@]3(O)C(=O)C1=C2O. The van der Waals surface area contributed by atoms with Crippen molar-refractivity contribution in [2.24, 2.45) is 17.6 Å². The predicted molar refractivity (Wildman–Crippen MR) is 132 cm³/mol. The van der Waals surface area contributed by atoms with Gasteiger partial charge in [0.25, 0.3) is 5.91 Å². The molecule has 0 heterocycles. The van der Waals surface area contributed by atoms with E-state index >= 15 is 0 Å². The number of likely N-dealkylation sites (N-methyl/N-ethyl adjacent to an activating group) is 1. The highest BCUT2D eigenvalue weighted by atomic mass is 16.3. The summed E-state index contributed by atoms with van der Waals surface area (Å²) in [6.45, 7) is 7.75. The molecule has 4 rings (SSSR count). The summed E-state index contributed by atoms with van der Waals surface area (Å²) in [5, 5.41) is 45.2. The molecule has 3 aliphatic carbocycles. The molecule has 194 valence electrons. The Labute approximate surface area is 209 Å². The second kappa shape index (κ2) is 8.18. The zero-order chi connectivity index (χ0) is 27.1. The molecule has 1 amide bonds. The summed E-state index contributed by atoms with van der Waals surface area (Å²) in [5.74, 6) is -6.34. The number of benzene rings is 1. The van der Waals surface area contributed by atoms with E-state index in [0.29, 0.717) is 24.0 Å². The Morgan fingerprint density at radius 1 is 1.19 bits per heavy atom. The van der Waals surface area contributed by atoms with E-state index in [9.17, 15) is 34.8 Å². The first kappa shape index (κ1) is 25.9. The molecule has 0 bridgehead atoms. The van der Waals surface area contributed by atoms with Crippen LogP contribution < -0.4 is 5.73 Å². The predicted octanol–water partition coefficient (Wildman–Crippen LogP) is 1.82. The molecule has 0 aliphatic heterocycles. The number of phenolic OH excluding ortho intramolecular Hbond substituents is 1. The van der Waals surface area contributed by atoms with Crippen molar-refractivity contribution in [2.75, 3.05) is 14.1 Å². The number of primary amides is 1. The molecule has 0 aromatic heterocycles. The number of nitrogens with two attached hydrogens (primary N) is 1. The van der Waals surface area contributed by atoms with Crippen LogP contribution in [0.15, 0.2) is 23.0 Å². The van der Waals surface area contributed by atoms with Gasteiger partial charge < -0.3 is 26.2 Å². The van der Waals surface area contributed by atoms with E-state index < -0.39 is 63.5 Å². The maximum atomic E-state index is 13.9. The first-order valence-electron chi connectivity index (χ1n) is 12.1. The van der Waals surface area contributed by atoms with Gasteiger partial charge in [0.1, 0.15) is 22.8 Å². The van der Waals surface area contributed by atoms with Gasteiger partial charge in [0.2, 0.25) is 5.78 Å². The number of fused-ring (bicyclic) bond motifs is 3. The molecule has 9 heteroatoms. The van der Waals surface area contributed by atoms with Crippen molar-refractivity contribution in [3.63, 3.8) is 0 Å². The second-order valence-corrected chi connectivity index (χ2v) is 11.4. The van der Waals surface area contributed by atoms with Crippen LogP contribution in [0.3, 0.4) is 0 Å². The Kier molecular flexibility index (Phi) is 5.88. The van der Waals surface area contributed by atoms with Gasteiger partial charge in [0, 0.05) is 17.1 Å². The number of phenols is 1. The topological polar surface area (TPSA) is 161 Å². The van der Waals surface area contributed by atoms with Crippen molar-refractivity contribution in [3.05, 3.63) is 45.2 Å². The average molecular weight is 499 g/mol. The minimum atomic E-state index is -2.63. The number of aromatic hydroxyl groups is 1. The zero-order valence-corrected chi connectivity index (χ0v) is 21.5. The lowest BCUT2D eigenvalue weighted by atomic mass is 9.57. The highest BCUT2D eigenvalue weighted by Crippen LogP contribution is 2.54. The molecule has 3 aliphatic rings. The van der Waals surface area contributed by atoms with Crippen LogP contribution in [0.5, 0.6) is 5.75 Å². The summed E-state index contributed by atoms with van der Waals surface area (Å²) in [4.78, 5) is 40.6. The largest absolute Gasteiger partial charge is 0.508 e. The number of carbonyl (C=O) groups is 3. The number of aliphatic hydroxyl groups excluding tert-OH is 2. The number of rotatable bonds is 3. The van der Waals surface area contributed by atoms with E-state index in [1.54, 1.807) is 14.1 Å². The fourth-order valence-electron chi connectivity index (χ4n) is 6.28. The van der Waals surface area contributed by atoms with E-state index in [-0.39, 0.29) is 23.3 Å². The maximum Gasteiger partial charge on any atom is 0.255 e. The second-order valence-electron chi connectivity index (χ2n) is 11.4. The molecule has 4 atom stereocenters. The number of Topliss-reactive ketones (excluding diaryl/α,β-unsaturated/α-hetero) is 2. The molecule has 1 aromatic rings. The third kappa shape index (κ3) is 3.33. The Balaban J connectivity index is 2.02. The Morgan fingerprint density at radius 2 is 1.81 bits per heavy atom. The molecule has 1 aromatic carbocycles. The molecular weight excluding hydrogens is 464 g/mol. The number of carbonyl (C=O) groups excluding carboxylic acids is 3. The number of ketones is 2. The van der Waals surface area contributed by atoms with Crippen molar-refractivity contribution in [3.8, 4) is 5.75 Å². The number of aliphatic hydroxyl groups is 3. The Morgan fingerprint density at radius 3 is 2.31 bits per heavy atom. The van der Waals surface area contributed by atoms with Gasteiger partial charge in [0.15, 0.2) is 11.4 Å². The third-order valence-electron chi connectivity index (χ3n) is 8.00. The molecule has 0 spiro atoms. The third-order valence-corrected chi connectivity index (χ3v) is 8.00. The summed E-state index contributed by atoms with van der Waals surface area (Å²) in [6, 6.07) is 0.832. The molecule has 9 nitrogen and oxygen atoms in total. The van der Waals surface area contributed by atoms with Crippen molar-refractivity contribution >= 4 is 23.2 Å². The number of amides is 1. The zero-order valence-electron chi connectivity index (χ0n) is 21.5. The summed E-state index contributed by atoms with van der Waals surface area (Å²) < 4.78 is 0. The van der Waals surface area contributed by atoms with Gasteiger partial charge in [-0.1, -0.05) is 33.8 Å². The van der Waals surface area contributed by atoms with E-state index in [1.807, 2.05) is 33.8 Å². The lowest BCUT2D eigenvalue weighted by Gasteiger charge is -2.50. The molecule has 0 saturated heterocycles. The van der Waals surface area contributed by atoms with Crippen molar-refractivity contribution < 1.29 is 34.8 Å². The average Bonchev–Trinajstić information content (AvgIpc) is 2.75. The molecule has 1 fully saturated rings. The van der Waals surface area contributed by atoms with E-state index in [4.69, 9.17) is 5.73 Å². The van der Waals surface area contributed by atoms with Crippen LogP contribution in [0.2, 0.25) is 0 Å². The van der Waals surface area contributed by atoms with Gasteiger partial charge in [-0.2, -0.15) is 0 Å². The quantitative estimate of drug-likeness (QED) is 0.394. The van der Waals surface area contributed by atoms with Crippen LogP contribution >= 0.6 is 0 Å². The lowest BCUT2D eigenvalue weighted by molar-refractivity contribution is -0.153. The molecule has 1 saturated carbocycles. The fraction of sp³-hybridized carbons (Fsp3) is 0.519. The van der Waals surface area contributed by atoms with E-state index in [2.05, 4.69) is 0 Å². The van der Waals surface area contributed by atoms with Gasteiger partial charge >= 0.3 is 0 Å². The minimum Gasteiger partial charge on any atom is -0.508 e. The summed E-state index contributed by atoms with van der Waals surface area (Å²) in [5.41, 5.74) is 3.72. The smallest absolute Gasteiger partial charge is 0.255 e. The van der Waals surface area contributed by atoms with Crippen LogP contribution in [0.1, 0.15) is 56.4 Å². The molecule has 2 unspecified atom stereocenters. The van der Waals surface area contributed by atoms with Gasteiger partial charge in [-0.25, -0.2) is 0 Å². The van der Waals surface area contributed by atoms with Crippen molar-refractivity contribution in [1.82, 2.24) is 4.90 Å². The van der Waals surface area contributed by atoms with Crippen molar-refractivity contribution in [2.45, 2.75) is 64.0 Å². The first-order valence-corrected chi connectivity index (χ1v) is 12.1. The van der Waals surface area contributed by atoms with Crippen LogP contribution in [0, 0.1) is 11.8 Å². The Hall–Kier alpha value is -3.17. The van der Waals surface area contributed by atoms with Gasteiger partial charge in [-0.3, -0.25) is 19.3 Å². The van der Waals surface area contributed by atoms with E-state index in [1.165, 1.54) is 4.90 Å². The molecular formula is C27H34N2O7. The highest BCUT2D eigenvalue weighted by Gasteiger charge is 2.64. The molecule has 6 N–H and O–H groups in total. The molecule has 0 radical (unpaired) electrons. The number of nitrogens with zero attached hydrogens (tertiary/aromatic N) is 1.